The Morgan fingerprint density at radius 1 is 1.00 bits per heavy atom. The Bertz CT molecular complexity index is 798. The molecule has 33 heavy (non-hydrogen) atoms. The third-order valence-corrected chi connectivity index (χ3v) is 6.19. The molecule has 0 aliphatic heterocycles. The van der Waals surface area contributed by atoms with E-state index in [9.17, 15) is 29.4 Å². The normalized spacial score (nSPS) is 15.4. The van der Waals surface area contributed by atoms with Crippen LogP contribution >= 0.6 is 11.8 Å². The second-order valence-electron chi connectivity index (χ2n) is 7.44. The molecule has 1 aromatic carbocycles. The maximum atomic E-state index is 13.1. The number of carbonyl (C=O) groups is 4. The molecule has 0 bridgehead atoms. The van der Waals surface area contributed by atoms with Crippen molar-refractivity contribution in [2.45, 2.75) is 55.4 Å². The van der Waals surface area contributed by atoms with E-state index in [-0.39, 0.29) is 18.2 Å². The number of nitrogens with one attached hydrogen (secondary N) is 3. The summed E-state index contributed by atoms with van der Waals surface area (Å²) in [6, 6.07) is 4.58. The fourth-order valence-electron chi connectivity index (χ4n) is 2.78. The zero-order valence-electron chi connectivity index (χ0n) is 18.6. The van der Waals surface area contributed by atoms with E-state index in [2.05, 4.69) is 32.0 Å². The van der Waals surface area contributed by atoms with E-state index in [0.717, 1.165) is 5.56 Å². The molecular formula is C21H32N4O6SSe. The number of carboxylic acids is 1. The number of aliphatic hydroxyl groups excluding tert-OH is 1. The van der Waals surface area contributed by atoms with Crippen molar-refractivity contribution >= 4 is 51.5 Å². The van der Waals surface area contributed by atoms with Crippen molar-refractivity contribution in [3.05, 3.63) is 35.9 Å². The predicted molar refractivity (Wildman–Crippen MR) is 128 cm³/mol. The van der Waals surface area contributed by atoms with Gasteiger partial charge in [0.05, 0.1) is 0 Å². The molecule has 1 rings (SSSR count). The number of thioether (sulfide) groups is 1. The van der Waals surface area contributed by atoms with Crippen LogP contribution in [0.25, 0.3) is 0 Å². The number of rotatable bonds is 14. The summed E-state index contributed by atoms with van der Waals surface area (Å²) in [7, 11) is 0. The molecule has 0 aromatic heterocycles. The summed E-state index contributed by atoms with van der Waals surface area (Å²) in [6.07, 6.45) is 1.12. The molecule has 7 N–H and O–H groups in total. The molecule has 0 heterocycles. The zero-order chi connectivity index (χ0) is 25.0. The van der Waals surface area contributed by atoms with E-state index >= 15 is 0 Å². The Morgan fingerprint density at radius 2 is 1.55 bits per heavy atom. The van der Waals surface area contributed by atoms with Crippen molar-refractivity contribution in [3.8, 4) is 0 Å². The van der Waals surface area contributed by atoms with E-state index in [1.807, 2.05) is 12.3 Å². The van der Waals surface area contributed by atoms with E-state index in [1.165, 1.54) is 18.7 Å². The van der Waals surface area contributed by atoms with Gasteiger partial charge in [-0.15, -0.1) is 0 Å². The molecule has 0 saturated carbocycles. The molecule has 184 valence electrons. The third-order valence-electron chi connectivity index (χ3n) is 4.78. The second kappa shape index (κ2) is 14.9. The third kappa shape index (κ3) is 10.1. The number of carbonyl (C=O) groups excluding carboxylic acids is 3. The van der Waals surface area contributed by atoms with Crippen LogP contribution in [0.5, 0.6) is 0 Å². The fraction of sp³-hybridized carbons (Fsp3) is 0.524. The number of aliphatic hydroxyl groups is 1. The van der Waals surface area contributed by atoms with E-state index in [1.54, 1.807) is 24.3 Å². The van der Waals surface area contributed by atoms with Crippen LogP contribution in [0.3, 0.4) is 0 Å². The van der Waals surface area contributed by atoms with Gasteiger partial charge < -0.3 is 5.11 Å². The van der Waals surface area contributed by atoms with Gasteiger partial charge in [-0.05, 0) is 6.92 Å². The van der Waals surface area contributed by atoms with Gasteiger partial charge >= 0.3 is 188 Å². The number of carboxylic acid groups (broad SMARTS) is 1. The van der Waals surface area contributed by atoms with E-state index in [0.29, 0.717) is 5.75 Å². The molecule has 3 amide bonds. The average Bonchev–Trinajstić information content (AvgIpc) is 2.79. The average molecular weight is 548 g/mol. The van der Waals surface area contributed by atoms with Gasteiger partial charge in [0, 0.05) is 0 Å². The van der Waals surface area contributed by atoms with E-state index < -0.39 is 54.0 Å². The fourth-order valence-corrected chi connectivity index (χ4v) is 3.77. The Labute approximate surface area is 205 Å². The molecular weight excluding hydrogens is 515 g/mol. The van der Waals surface area contributed by atoms with Gasteiger partial charge in [0.15, 0.2) is 0 Å². The summed E-state index contributed by atoms with van der Waals surface area (Å²) in [4.78, 5) is 49.5. The molecule has 0 aliphatic carbocycles. The van der Waals surface area contributed by atoms with Crippen molar-refractivity contribution in [2.24, 2.45) is 5.73 Å². The molecule has 5 atom stereocenters. The summed E-state index contributed by atoms with van der Waals surface area (Å²) in [5.74, 6) is -2.59. The first-order valence-corrected chi connectivity index (χ1v) is 13.0. The molecule has 10 nitrogen and oxygen atoms in total. The minimum absolute atomic E-state index is 0.126. The van der Waals surface area contributed by atoms with Crippen LogP contribution in [0.4, 0.5) is 0 Å². The molecule has 12 heteroatoms. The monoisotopic (exact) mass is 548 g/mol. The summed E-state index contributed by atoms with van der Waals surface area (Å²) in [6.45, 7) is 1.37. The number of aliphatic carboxylic acids is 1. The number of hydrogen-bond acceptors (Lipinski definition) is 7. The van der Waals surface area contributed by atoms with Crippen molar-refractivity contribution in [1.82, 2.24) is 16.0 Å². The molecule has 0 saturated heterocycles. The minimum atomic E-state index is -1.23. The van der Waals surface area contributed by atoms with Crippen molar-refractivity contribution in [2.75, 3.05) is 12.0 Å². The number of hydrogen-bond donors (Lipinski definition) is 6. The summed E-state index contributed by atoms with van der Waals surface area (Å²) < 4.78 is 0. The molecule has 1 aromatic rings. The van der Waals surface area contributed by atoms with Crippen molar-refractivity contribution in [3.63, 3.8) is 0 Å². The standard InChI is InChI=1S/C21H32N4O6SSe/c1-12(26)17(22)20(29)24-15(10-13-6-4-3-5-7-13)19(28)23-14(8-9-32-2)18(27)25-16(11-33)21(30)31/h3-7,12,14-17,26,33H,8-11,22H2,1-2H3,(H,23,28)(H,24,29)(H,25,27)(H,30,31)/t12-,14+,15+,16+,17+/m1/s1. The van der Waals surface area contributed by atoms with Gasteiger partial charge in [-0.25, -0.2) is 0 Å². The van der Waals surface area contributed by atoms with Gasteiger partial charge in [0.2, 0.25) is 0 Å². The zero-order valence-corrected chi connectivity index (χ0v) is 21.3. The second-order valence-corrected chi connectivity index (χ2v) is 9.19. The van der Waals surface area contributed by atoms with Crippen molar-refractivity contribution < 1.29 is 29.4 Å². The Balaban J connectivity index is 3.05. The van der Waals surface area contributed by atoms with Crippen molar-refractivity contribution in [1.29, 1.82) is 0 Å². The van der Waals surface area contributed by atoms with Crippen LogP contribution in [-0.2, 0) is 25.6 Å². The number of nitrogens with two attached hydrogens (primary N) is 1. The molecule has 0 unspecified atom stereocenters. The topological polar surface area (TPSA) is 171 Å². The molecule has 0 spiro atoms. The predicted octanol–water partition coefficient (Wildman–Crippen LogP) is -1.45. The van der Waals surface area contributed by atoms with Gasteiger partial charge in [-0.1, -0.05) is 6.07 Å². The van der Waals surface area contributed by atoms with Crippen LogP contribution in [0, 0.1) is 0 Å². The van der Waals surface area contributed by atoms with Gasteiger partial charge in [-0.2, -0.15) is 0 Å². The Kier molecular flexibility index (Phi) is 13.1. The van der Waals surface area contributed by atoms with Gasteiger partial charge in [-0.3, -0.25) is 0 Å². The maximum absolute atomic E-state index is 13.1. The Morgan fingerprint density at radius 3 is 2.06 bits per heavy atom. The summed E-state index contributed by atoms with van der Waals surface area (Å²) in [5, 5.41) is 26.6. The van der Waals surface area contributed by atoms with Crippen LogP contribution in [0.1, 0.15) is 18.9 Å². The van der Waals surface area contributed by atoms with Crippen LogP contribution < -0.4 is 21.7 Å². The van der Waals surface area contributed by atoms with Crippen LogP contribution in [0.15, 0.2) is 30.3 Å². The first kappa shape index (κ1) is 28.9. The SMILES string of the molecule is CSCC[C@H](NC(=O)[C@H](Cc1ccccc1)NC(=O)[C@@H](N)[C@@H](C)O)C(=O)N[C@@H](C[SeH])C(=O)O. The summed E-state index contributed by atoms with van der Waals surface area (Å²) >= 11 is 3.57. The van der Waals surface area contributed by atoms with E-state index in [4.69, 9.17) is 5.73 Å². The Hall–Kier alpha value is -2.11. The molecule has 0 fully saturated rings. The number of amides is 3. The molecule has 0 radical (unpaired) electrons. The first-order valence-electron chi connectivity index (χ1n) is 10.3. The van der Waals surface area contributed by atoms with Gasteiger partial charge in [0.25, 0.3) is 0 Å². The summed E-state index contributed by atoms with van der Waals surface area (Å²) in [5.41, 5.74) is 6.46. The number of benzene rings is 1. The quantitative estimate of drug-likeness (QED) is 0.154. The van der Waals surface area contributed by atoms with Crippen LogP contribution in [0.2, 0.25) is 5.32 Å². The van der Waals surface area contributed by atoms with Crippen LogP contribution in [-0.4, -0.2) is 92.2 Å². The van der Waals surface area contributed by atoms with Gasteiger partial charge in [0.1, 0.15) is 0 Å². The first-order chi connectivity index (χ1) is 15.6. The molecule has 0 aliphatic rings.